The predicted octanol–water partition coefficient (Wildman–Crippen LogP) is 5.29. The molecule has 1 heterocycles. The molecule has 3 rings (SSSR count). The maximum absolute atomic E-state index is 12.5. The first-order chi connectivity index (χ1) is 17.9. The van der Waals surface area contributed by atoms with Gasteiger partial charge in [0.25, 0.3) is 0 Å². The van der Waals surface area contributed by atoms with Gasteiger partial charge in [-0.15, -0.1) is 0 Å². The summed E-state index contributed by atoms with van der Waals surface area (Å²) in [6.45, 7) is 16.3. The van der Waals surface area contributed by atoms with Crippen molar-refractivity contribution in [1.82, 2.24) is 20.9 Å². The van der Waals surface area contributed by atoms with Gasteiger partial charge in [0.15, 0.2) is 0 Å². The van der Waals surface area contributed by atoms with E-state index in [1.54, 1.807) is 0 Å². The Balaban J connectivity index is 1.47. The van der Waals surface area contributed by atoms with Crippen LogP contribution in [0.1, 0.15) is 60.8 Å². The Kier molecular flexibility index (Phi) is 10.5. The number of unbranched alkanes of at least 4 members (excludes halogenated alkanes) is 1. The second kappa shape index (κ2) is 14.0. The third-order valence-corrected chi connectivity index (χ3v) is 6.82. The quantitative estimate of drug-likeness (QED) is 0.297. The van der Waals surface area contributed by atoms with Gasteiger partial charge in [-0.3, -0.25) is 0 Å². The number of rotatable bonds is 12. The Labute approximate surface area is 221 Å². The molecule has 2 amide bonds. The smallest absolute Gasteiger partial charge is 0.319 e. The summed E-state index contributed by atoms with van der Waals surface area (Å²) in [6, 6.07) is 16.0. The van der Waals surface area contributed by atoms with Crippen LogP contribution in [-0.2, 0) is 0 Å². The minimum Gasteiger partial charge on any atom is -0.372 e. The lowest BCUT2D eigenvalue weighted by Gasteiger charge is -2.35. The minimum absolute atomic E-state index is 0.236. The zero-order valence-electron chi connectivity index (χ0n) is 22.2. The number of hydrogen-bond acceptors (Lipinski definition) is 5. The van der Waals surface area contributed by atoms with E-state index in [9.17, 15) is 4.79 Å². The number of nitrogens with zero attached hydrogens (tertiary/aromatic N) is 2. The molecule has 0 unspecified atom stereocenters. The summed E-state index contributed by atoms with van der Waals surface area (Å²) in [5.74, 6) is 1.27. The molecule has 2 aromatic carbocycles. The van der Waals surface area contributed by atoms with Gasteiger partial charge < -0.3 is 26.2 Å². The standard InChI is InChI=1S/C30H40N6O/c1-5-6-15-32-24(4)33-16-17-34-30(37)35-29-20-28(10-7-22(29)2)23(3)36-18-13-27(14-19-36)26-11-8-25(21-31)9-12-26/h7-12,20,27,32-33H,3-6,13-19H2,1-2H3,(H2,34,35,37). The van der Waals surface area contributed by atoms with E-state index in [-0.39, 0.29) is 6.03 Å². The number of hydrogen-bond donors (Lipinski definition) is 4. The van der Waals surface area contributed by atoms with Crippen LogP contribution in [0.4, 0.5) is 10.5 Å². The fourth-order valence-corrected chi connectivity index (χ4v) is 4.47. The first-order valence-electron chi connectivity index (χ1n) is 13.2. The topological polar surface area (TPSA) is 92.2 Å². The van der Waals surface area contributed by atoms with E-state index in [1.807, 2.05) is 31.2 Å². The second-order valence-electron chi connectivity index (χ2n) is 9.54. The van der Waals surface area contributed by atoms with Gasteiger partial charge >= 0.3 is 6.03 Å². The van der Waals surface area contributed by atoms with Gasteiger partial charge in [-0.05, 0) is 67.0 Å². The first kappa shape index (κ1) is 27.7. The van der Waals surface area contributed by atoms with E-state index in [4.69, 9.17) is 5.26 Å². The van der Waals surface area contributed by atoms with Gasteiger partial charge in [0.05, 0.1) is 17.5 Å². The van der Waals surface area contributed by atoms with E-state index in [1.165, 1.54) is 5.56 Å². The van der Waals surface area contributed by atoms with Crippen LogP contribution in [0, 0.1) is 18.3 Å². The maximum atomic E-state index is 12.5. The van der Waals surface area contributed by atoms with Crippen LogP contribution in [0.3, 0.4) is 0 Å². The normalized spacial score (nSPS) is 13.4. The van der Waals surface area contributed by atoms with Crippen molar-refractivity contribution in [2.45, 2.75) is 45.4 Å². The SMILES string of the molecule is C=C(NCCCC)NCCNC(=O)Nc1cc(C(=C)N2CCC(c3ccc(C#N)cc3)CC2)ccc1C. The number of urea groups is 1. The first-order valence-corrected chi connectivity index (χ1v) is 13.2. The number of carbonyl (C=O) groups excluding carboxylic acids is 1. The molecule has 4 N–H and O–H groups in total. The fraction of sp³-hybridized carbons (Fsp3) is 0.400. The van der Waals surface area contributed by atoms with Gasteiger partial charge in [0, 0.05) is 44.1 Å². The summed E-state index contributed by atoms with van der Waals surface area (Å²) >= 11 is 0. The van der Waals surface area contributed by atoms with Crippen LogP contribution >= 0.6 is 0 Å². The largest absolute Gasteiger partial charge is 0.372 e. The van der Waals surface area contributed by atoms with Crippen LogP contribution in [0.2, 0.25) is 0 Å². The molecule has 0 saturated carbocycles. The molecule has 1 aliphatic heterocycles. The summed E-state index contributed by atoms with van der Waals surface area (Å²) in [6.07, 6.45) is 4.31. The Morgan fingerprint density at radius 1 is 1.03 bits per heavy atom. The van der Waals surface area contributed by atoms with Crippen LogP contribution in [0.25, 0.3) is 5.70 Å². The minimum atomic E-state index is -0.236. The molecular formula is C30H40N6O. The summed E-state index contributed by atoms with van der Waals surface area (Å²) in [5, 5.41) is 21.3. The highest BCUT2D eigenvalue weighted by Gasteiger charge is 2.22. The highest BCUT2D eigenvalue weighted by atomic mass is 16.2. The molecule has 1 fully saturated rings. The molecule has 196 valence electrons. The van der Waals surface area contributed by atoms with Gasteiger partial charge in [0.2, 0.25) is 0 Å². The van der Waals surface area contributed by atoms with E-state index >= 15 is 0 Å². The lowest BCUT2D eigenvalue weighted by atomic mass is 9.88. The van der Waals surface area contributed by atoms with Crippen molar-refractivity contribution in [1.29, 1.82) is 5.26 Å². The molecule has 0 radical (unpaired) electrons. The van der Waals surface area contributed by atoms with Crippen molar-refractivity contribution in [3.05, 3.63) is 83.7 Å². The van der Waals surface area contributed by atoms with E-state index in [0.29, 0.717) is 24.6 Å². The molecule has 7 nitrogen and oxygen atoms in total. The van der Waals surface area contributed by atoms with Gasteiger partial charge in [-0.1, -0.05) is 50.8 Å². The zero-order chi connectivity index (χ0) is 26.6. The average Bonchev–Trinajstić information content (AvgIpc) is 2.92. The van der Waals surface area contributed by atoms with Crippen molar-refractivity contribution in [3.8, 4) is 6.07 Å². The number of piperidine rings is 1. The Morgan fingerprint density at radius 3 is 2.38 bits per heavy atom. The maximum Gasteiger partial charge on any atom is 0.319 e. The van der Waals surface area contributed by atoms with Crippen molar-refractivity contribution >= 4 is 17.4 Å². The van der Waals surface area contributed by atoms with Crippen LogP contribution in [0.15, 0.2) is 61.4 Å². The summed E-state index contributed by atoms with van der Waals surface area (Å²) < 4.78 is 0. The Bertz CT molecular complexity index is 1110. The van der Waals surface area contributed by atoms with Crippen molar-refractivity contribution in [2.75, 3.05) is 38.0 Å². The van der Waals surface area contributed by atoms with Crippen molar-refractivity contribution in [3.63, 3.8) is 0 Å². The van der Waals surface area contributed by atoms with Crippen molar-refractivity contribution in [2.24, 2.45) is 0 Å². The number of nitriles is 1. The third-order valence-electron chi connectivity index (χ3n) is 6.82. The number of likely N-dealkylation sites (tertiary alicyclic amines) is 1. The summed E-state index contributed by atoms with van der Waals surface area (Å²) in [7, 11) is 0. The summed E-state index contributed by atoms with van der Waals surface area (Å²) in [5.41, 5.74) is 5.75. The molecule has 0 bridgehead atoms. The number of carbonyl (C=O) groups is 1. The third kappa shape index (κ3) is 8.32. The molecular weight excluding hydrogens is 460 g/mol. The molecule has 7 heteroatoms. The number of aryl methyl sites for hydroxylation is 1. The zero-order valence-corrected chi connectivity index (χ0v) is 22.2. The lowest BCUT2D eigenvalue weighted by molar-refractivity contribution is 0.252. The molecule has 2 aromatic rings. The van der Waals surface area contributed by atoms with Crippen molar-refractivity contribution < 1.29 is 4.79 Å². The number of nitrogens with one attached hydrogen (secondary N) is 4. The second-order valence-corrected chi connectivity index (χ2v) is 9.54. The van der Waals surface area contributed by atoms with Crippen LogP contribution < -0.4 is 21.3 Å². The van der Waals surface area contributed by atoms with E-state index in [0.717, 1.165) is 73.6 Å². The van der Waals surface area contributed by atoms with Crippen LogP contribution in [-0.4, -0.2) is 43.7 Å². The fourth-order valence-electron chi connectivity index (χ4n) is 4.47. The van der Waals surface area contributed by atoms with Gasteiger partial charge in [-0.25, -0.2) is 4.79 Å². The summed E-state index contributed by atoms with van der Waals surface area (Å²) in [4.78, 5) is 14.8. The number of amides is 2. The Morgan fingerprint density at radius 2 is 1.70 bits per heavy atom. The molecule has 0 aromatic heterocycles. The molecule has 1 saturated heterocycles. The molecule has 0 atom stereocenters. The monoisotopic (exact) mass is 500 g/mol. The van der Waals surface area contributed by atoms with E-state index < -0.39 is 0 Å². The van der Waals surface area contributed by atoms with E-state index in [2.05, 4.69) is 70.5 Å². The predicted molar refractivity (Wildman–Crippen MR) is 152 cm³/mol. The molecule has 1 aliphatic rings. The van der Waals surface area contributed by atoms with Gasteiger partial charge in [0.1, 0.15) is 0 Å². The molecule has 0 aliphatic carbocycles. The highest BCUT2D eigenvalue weighted by molar-refractivity contribution is 5.90. The van der Waals surface area contributed by atoms with Crippen LogP contribution in [0.5, 0.6) is 0 Å². The molecule has 37 heavy (non-hydrogen) atoms. The molecule has 0 spiro atoms. The Hall–Kier alpha value is -3.92. The highest BCUT2D eigenvalue weighted by Crippen LogP contribution is 2.32. The number of anilines is 1. The average molecular weight is 501 g/mol. The van der Waals surface area contributed by atoms with Gasteiger partial charge in [-0.2, -0.15) is 5.26 Å². The lowest BCUT2D eigenvalue weighted by Crippen LogP contribution is -2.36. The number of benzene rings is 2.